The van der Waals surface area contributed by atoms with E-state index in [-0.39, 0.29) is 11.2 Å². The molecule has 1 fully saturated rings. The molecule has 1 aromatic rings. The normalized spacial score (nSPS) is 17.9. The number of halogens is 3. The van der Waals surface area contributed by atoms with Gasteiger partial charge in [-0.1, -0.05) is 22.4 Å². The minimum Gasteiger partial charge on any atom is -0.493 e. The molecule has 0 N–H and O–H groups in total. The van der Waals surface area contributed by atoms with Gasteiger partial charge in [-0.15, -0.1) is 0 Å². The molecule has 2 rings (SSSR count). The van der Waals surface area contributed by atoms with Crippen molar-refractivity contribution in [2.75, 3.05) is 11.9 Å². The van der Waals surface area contributed by atoms with Gasteiger partial charge in [-0.05, 0) is 12.8 Å². The van der Waals surface area contributed by atoms with E-state index in [1.54, 1.807) is 0 Å². The van der Waals surface area contributed by atoms with E-state index in [4.69, 9.17) is 4.74 Å². The predicted octanol–water partition coefficient (Wildman–Crippen LogP) is 3.91. The second kappa shape index (κ2) is 4.70. The molecule has 1 aliphatic carbocycles. The Kier molecular flexibility index (Phi) is 3.47. The summed E-state index contributed by atoms with van der Waals surface area (Å²) in [5.74, 6) is -0.933. The van der Waals surface area contributed by atoms with E-state index >= 15 is 0 Å². The molecule has 0 saturated heterocycles. The fraction of sp³-hybridized carbons (Fsp3) is 0.500. The maximum absolute atomic E-state index is 12.9. The van der Waals surface area contributed by atoms with E-state index in [0.29, 0.717) is 6.61 Å². The summed E-state index contributed by atoms with van der Waals surface area (Å²) in [5.41, 5.74) is 0.156. The van der Waals surface area contributed by atoms with E-state index < -0.39 is 11.6 Å². The van der Waals surface area contributed by atoms with Crippen molar-refractivity contribution in [1.29, 1.82) is 0 Å². The summed E-state index contributed by atoms with van der Waals surface area (Å²) in [6.07, 6.45) is 3.42. The van der Waals surface area contributed by atoms with Crippen molar-refractivity contribution < 1.29 is 13.5 Å². The Morgan fingerprint density at radius 3 is 2.25 bits per heavy atom. The first-order valence-electron chi connectivity index (χ1n) is 5.28. The van der Waals surface area contributed by atoms with E-state index in [1.165, 1.54) is 18.6 Å². The monoisotopic (exact) mass is 290 g/mol. The molecule has 4 heteroatoms. The van der Waals surface area contributed by atoms with Gasteiger partial charge < -0.3 is 4.74 Å². The first-order valence-corrected chi connectivity index (χ1v) is 6.41. The lowest BCUT2D eigenvalue weighted by Gasteiger charge is -2.39. The van der Waals surface area contributed by atoms with E-state index in [1.807, 2.05) is 0 Å². The third-order valence-electron chi connectivity index (χ3n) is 3.08. The van der Waals surface area contributed by atoms with Crippen LogP contribution < -0.4 is 4.74 Å². The van der Waals surface area contributed by atoms with E-state index in [9.17, 15) is 8.78 Å². The molecule has 0 aliphatic heterocycles. The van der Waals surface area contributed by atoms with Gasteiger partial charge in [0.25, 0.3) is 0 Å². The average Bonchev–Trinajstić information content (AvgIpc) is 2.15. The number of hydrogen-bond acceptors (Lipinski definition) is 1. The van der Waals surface area contributed by atoms with Gasteiger partial charge in [0.05, 0.1) is 6.61 Å². The van der Waals surface area contributed by atoms with Crippen LogP contribution in [-0.2, 0) is 0 Å². The smallest absolute Gasteiger partial charge is 0.129 e. The summed E-state index contributed by atoms with van der Waals surface area (Å²) in [5, 5.41) is 0.873. The standard InChI is InChI=1S/C12H13BrF2O/c13-7-12(2-1-3-12)8-16-11-5-9(14)4-10(15)6-11/h4-6H,1-3,7-8H2. The molecule has 1 nitrogen and oxygen atoms in total. The predicted molar refractivity (Wildman–Crippen MR) is 61.9 cm³/mol. The largest absolute Gasteiger partial charge is 0.493 e. The summed E-state index contributed by atoms with van der Waals surface area (Å²) >= 11 is 3.46. The van der Waals surface area contributed by atoms with Crippen LogP contribution in [0.2, 0.25) is 0 Å². The van der Waals surface area contributed by atoms with Gasteiger partial charge in [0, 0.05) is 28.9 Å². The highest BCUT2D eigenvalue weighted by Crippen LogP contribution is 2.42. The second-order valence-electron chi connectivity index (χ2n) is 4.38. The highest BCUT2D eigenvalue weighted by atomic mass is 79.9. The summed E-state index contributed by atoms with van der Waals surface area (Å²) in [7, 11) is 0. The van der Waals surface area contributed by atoms with Crippen molar-refractivity contribution in [2.24, 2.45) is 5.41 Å². The van der Waals surface area contributed by atoms with Crippen LogP contribution in [0.4, 0.5) is 8.78 Å². The van der Waals surface area contributed by atoms with Crippen LogP contribution in [0.1, 0.15) is 19.3 Å². The number of rotatable bonds is 4. The van der Waals surface area contributed by atoms with Crippen LogP contribution in [0.5, 0.6) is 5.75 Å². The lowest BCUT2D eigenvalue weighted by molar-refractivity contribution is 0.0834. The Hall–Kier alpha value is -0.640. The Labute approximate surface area is 102 Å². The highest BCUT2D eigenvalue weighted by Gasteiger charge is 2.36. The van der Waals surface area contributed by atoms with Gasteiger partial charge in [0.15, 0.2) is 0 Å². The molecule has 0 heterocycles. The number of alkyl halides is 1. The van der Waals surface area contributed by atoms with Gasteiger partial charge >= 0.3 is 0 Å². The van der Waals surface area contributed by atoms with Gasteiger partial charge in [-0.3, -0.25) is 0 Å². The molecule has 88 valence electrons. The van der Waals surface area contributed by atoms with Gasteiger partial charge in [-0.2, -0.15) is 0 Å². The van der Waals surface area contributed by atoms with Crippen LogP contribution in [0, 0.1) is 17.0 Å². The molecule has 1 aliphatic rings. The summed E-state index contributed by atoms with van der Waals surface area (Å²) in [6, 6.07) is 3.27. The third kappa shape index (κ3) is 2.54. The molecule has 16 heavy (non-hydrogen) atoms. The van der Waals surface area contributed by atoms with Crippen molar-refractivity contribution in [3.8, 4) is 5.75 Å². The van der Waals surface area contributed by atoms with Crippen molar-refractivity contribution in [1.82, 2.24) is 0 Å². The third-order valence-corrected chi connectivity index (χ3v) is 4.27. The Balaban J connectivity index is 1.98. The molecule has 1 saturated carbocycles. The fourth-order valence-electron chi connectivity index (χ4n) is 1.84. The summed E-state index contributed by atoms with van der Waals surface area (Å²) < 4.78 is 31.2. The van der Waals surface area contributed by atoms with E-state index in [2.05, 4.69) is 15.9 Å². The maximum Gasteiger partial charge on any atom is 0.129 e. The minimum atomic E-state index is -0.600. The van der Waals surface area contributed by atoms with E-state index in [0.717, 1.165) is 24.2 Å². The topological polar surface area (TPSA) is 9.23 Å². The Morgan fingerprint density at radius 2 is 1.81 bits per heavy atom. The molecule has 0 atom stereocenters. The molecule has 0 unspecified atom stereocenters. The maximum atomic E-state index is 12.9. The number of benzene rings is 1. The molecular formula is C12H13BrF2O. The van der Waals surface area contributed by atoms with Crippen LogP contribution in [-0.4, -0.2) is 11.9 Å². The van der Waals surface area contributed by atoms with Crippen molar-refractivity contribution in [2.45, 2.75) is 19.3 Å². The quantitative estimate of drug-likeness (QED) is 0.764. The number of ether oxygens (including phenoxy) is 1. The van der Waals surface area contributed by atoms with Crippen LogP contribution >= 0.6 is 15.9 Å². The SMILES string of the molecule is Fc1cc(F)cc(OCC2(CBr)CCC2)c1. The first kappa shape index (κ1) is 11.8. The molecule has 1 aromatic carbocycles. The van der Waals surface area contributed by atoms with Gasteiger partial charge in [-0.25, -0.2) is 8.78 Å². The fourth-order valence-corrected chi connectivity index (χ4v) is 2.56. The summed E-state index contributed by atoms with van der Waals surface area (Å²) in [6.45, 7) is 0.515. The van der Waals surface area contributed by atoms with Gasteiger partial charge in [0.1, 0.15) is 17.4 Å². The molecule has 0 radical (unpaired) electrons. The molecular weight excluding hydrogens is 278 g/mol. The average molecular weight is 291 g/mol. The van der Waals surface area contributed by atoms with Crippen molar-refractivity contribution in [3.63, 3.8) is 0 Å². The Bertz CT molecular complexity index is 352. The number of hydrogen-bond donors (Lipinski definition) is 0. The van der Waals surface area contributed by atoms with Crippen LogP contribution in [0.3, 0.4) is 0 Å². The lowest BCUT2D eigenvalue weighted by atomic mass is 9.71. The molecule has 0 spiro atoms. The molecule has 0 aromatic heterocycles. The van der Waals surface area contributed by atoms with Crippen LogP contribution in [0.25, 0.3) is 0 Å². The second-order valence-corrected chi connectivity index (χ2v) is 4.94. The van der Waals surface area contributed by atoms with Crippen LogP contribution in [0.15, 0.2) is 18.2 Å². The molecule has 0 amide bonds. The van der Waals surface area contributed by atoms with Crippen molar-refractivity contribution >= 4 is 15.9 Å². The minimum absolute atomic E-state index is 0.156. The highest BCUT2D eigenvalue weighted by molar-refractivity contribution is 9.09. The Morgan fingerprint density at radius 1 is 1.19 bits per heavy atom. The lowest BCUT2D eigenvalue weighted by Crippen LogP contribution is -2.37. The first-order chi connectivity index (χ1) is 7.63. The summed E-state index contributed by atoms with van der Waals surface area (Å²) in [4.78, 5) is 0. The zero-order chi connectivity index (χ0) is 11.6. The van der Waals surface area contributed by atoms with Crippen molar-refractivity contribution in [3.05, 3.63) is 29.8 Å². The zero-order valence-corrected chi connectivity index (χ0v) is 10.4. The molecule has 0 bridgehead atoms. The zero-order valence-electron chi connectivity index (χ0n) is 8.81. The van der Waals surface area contributed by atoms with Gasteiger partial charge in [0.2, 0.25) is 0 Å².